The molecule has 0 saturated heterocycles. The van der Waals surface area contributed by atoms with Gasteiger partial charge < -0.3 is 9.84 Å². The molecule has 4 aromatic rings. The SMILES string of the molecule is COc1ccc(-c2ccc(-c3cc(C(C)(C)O)nn3-c3ccccc3Cl)s2)cc1Cl. The van der Waals surface area contributed by atoms with Gasteiger partial charge in [0.25, 0.3) is 0 Å². The predicted molar refractivity (Wildman–Crippen MR) is 124 cm³/mol. The summed E-state index contributed by atoms with van der Waals surface area (Å²) in [5.41, 5.74) is 2.11. The molecule has 2 aromatic carbocycles. The van der Waals surface area contributed by atoms with E-state index in [0.29, 0.717) is 21.5 Å². The first-order valence-electron chi connectivity index (χ1n) is 9.30. The summed E-state index contributed by atoms with van der Waals surface area (Å²) < 4.78 is 7.03. The molecule has 2 aromatic heterocycles. The van der Waals surface area contributed by atoms with E-state index in [-0.39, 0.29) is 0 Å². The van der Waals surface area contributed by atoms with Crippen LogP contribution in [0.1, 0.15) is 19.5 Å². The number of rotatable bonds is 5. The highest BCUT2D eigenvalue weighted by Gasteiger charge is 2.24. The average Bonchev–Trinajstić information content (AvgIpc) is 3.35. The zero-order valence-corrected chi connectivity index (χ0v) is 19.0. The van der Waals surface area contributed by atoms with Gasteiger partial charge in [-0.1, -0.05) is 35.3 Å². The van der Waals surface area contributed by atoms with Crippen molar-refractivity contribution in [2.24, 2.45) is 0 Å². The predicted octanol–water partition coefficient (Wildman–Crippen LogP) is 6.81. The number of aliphatic hydroxyl groups is 1. The van der Waals surface area contributed by atoms with Gasteiger partial charge in [-0.2, -0.15) is 5.10 Å². The number of para-hydroxylation sites is 1. The van der Waals surface area contributed by atoms with Crippen molar-refractivity contribution < 1.29 is 9.84 Å². The lowest BCUT2D eigenvalue weighted by Crippen LogP contribution is -2.16. The van der Waals surface area contributed by atoms with Gasteiger partial charge in [-0.3, -0.25) is 0 Å². The Morgan fingerprint density at radius 1 is 0.967 bits per heavy atom. The Bertz CT molecular complexity index is 1210. The molecule has 1 N–H and O–H groups in total. The first-order valence-corrected chi connectivity index (χ1v) is 10.9. The number of ether oxygens (including phenoxy) is 1. The number of nitrogens with zero attached hydrogens (tertiary/aromatic N) is 2. The van der Waals surface area contributed by atoms with Crippen LogP contribution in [0.3, 0.4) is 0 Å². The topological polar surface area (TPSA) is 47.3 Å². The van der Waals surface area contributed by atoms with Gasteiger partial charge in [0, 0.05) is 4.88 Å². The number of hydrogen-bond donors (Lipinski definition) is 1. The Hall–Kier alpha value is -2.31. The summed E-state index contributed by atoms with van der Waals surface area (Å²) in [6.07, 6.45) is 0. The molecule has 0 aliphatic heterocycles. The number of hydrogen-bond acceptors (Lipinski definition) is 4. The molecule has 0 atom stereocenters. The Morgan fingerprint density at radius 3 is 2.37 bits per heavy atom. The van der Waals surface area contributed by atoms with Crippen molar-refractivity contribution in [2.75, 3.05) is 7.11 Å². The summed E-state index contributed by atoms with van der Waals surface area (Å²) in [7, 11) is 1.60. The van der Waals surface area contributed by atoms with E-state index in [2.05, 4.69) is 5.10 Å². The smallest absolute Gasteiger partial charge is 0.137 e. The van der Waals surface area contributed by atoms with Gasteiger partial charge in [-0.15, -0.1) is 11.3 Å². The Balaban J connectivity index is 1.82. The molecule has 0 bridgehead atoms. The molecule has 0 amide bonds. The van der Waals surface area contributed by atoms with Crippen LogP contribution in [0.15, 0.2) is 60.7 Å². The molecule has 2 heterocycles. The molecule has 0 radical (unpaired) electrons. The van der Waals surface area contributed by atoms with Crippen molar-refractivity contribution in [2.45, 2.75) is 19.4 Å². The maximum Gasteiger partial charge on any atom is 0.137 e. The van der Waals surface area contributed by atoms with Crippen LogP contribution in [0.4, 0.5) is 0 Å². The number of benzene rings is 2. The van der Waals surface area contributed by atoms with Crippen molar-refractivity contribution in [3.05, 3.63) is 76.4 Å². The van der Waals surface area contributed by atoms with Crippen molar-refractivity contribution >= 4 is 34.5 Å². The van der Waals surface area contributed by atoms with E-state index in [1.165, 1.54) is 0 Å². The van der Waals surface area contributed by atoms with E-state index < -0.39 is 5.60 Å². The maximum absolute atomic E-state index is 10.5. The molecular weight excluding hydrogens is 439 g/mol. The lowest BCUT2D eigenvalue weighted by atomic mass is 10.1. The van der Waals surface area contributed by atoms with Crippen LogP contribution in [-0.2, 0) is 5.60 Å². The Labute approximate surface area is 189 Å². The van der Waals surface area contributed by atoms with E-state index >= 15 is 0 Å². The van der Waals surface area contributed by atoms with Crippen LogP contribution < -0.4 is 4.74 Å². The largest absolute Gasteiger partial charge is 0.495 e. The fourth-order valence-electron chi connectivity index (χ4n) is 3.11. The van der Waals surface area contributed by atoms with Gasteiger partial charge in [0.2, 0.25) is 0 Å². The molecular formula is C23H20Cl2N2O2S. The van der Waals surface area contributed by atoms with Crippen LogP contribution in [-0.4, -0.2) is 22.0 Å². The maximum atomic E-state index is 10.5. The van der Waals surface area contributed by atoms with Gasteiger partial charge in [0.05, 0.1) is 39.1 Å². The lowest BCUT2D eigenvalue weighted by Gasteiger charge is -2.13. The van der Waals surface area contributed by atoms with Crippen LogP contribution in [0.2, 0.25) is 10.0 Å². The minimum absolute atomic E-state index is 0.565. The van der Waals surface area contributed by atoms with Crippen molar-refractivity contribution in [1.82, 2.24) is 9.78 Å². The Kier molecular flexibility index (Phi) is 5.64. The van der Waals surface area contributed by atoms with Gasteiger partial charge in [-0.25, -0.2) is 4.68 Å². The Morgan fingerprint density at radius 2 is 1.70 bits per heavy atom. The number of halogens is 2. The molecule has 0 unspecified atom stereocenters. The molecule has 4 nitrogen and oxygen atoms in total. The second kappa shape index (κ2) is 8.08. The summed E-state index contributed by atoms with van der Waals surface area (Å²) in [6.45, 7) is 3.44. The molecule has 4 rings (SSSR count). The highest BCUT2D eigenvalue weighted by atomic mass is 35.5. The van der Waals surface area contributed by atoms with Crippen molar-refractivity contribution in [3.63, 3.8) is 0 Å². The molecule has 0 aliphatic rings. The summed E-state index contributed by atoms with van der Waals surface area (Å²) in [4.78, 5) is 2.06. The van der Waals surface area contributed by atoms with Gasteiger partial charge in [0.15, 0.2) is 0 Å². The van der Waals surface area contributed by atoms with Gasteiger partial charge in [0.1, 0.15) is 11.4 Å². The highest BCUT2D eigenvalue weighted by molar-refractivity contribution is 7.18. The first-order chi connectivity index (χ1) is 14.3. The third kappa shape index (κ3) is 3.98. The lowest BCUT2D eigenvalue weighted by molar-refractivity contribution is 0.0734. The first kappa shape index (κ1) is 20.9. The van der Waals surface area contributed by atoms with Crippen molar-refractivity contribution in [3.8, 4) is 32.4 Å². The van der Waals surface area contributed by atoms with E-state index in [1.54, 1.807) is 37.0 Å². The minimum Gasteiger partial charge on any atom is -0.495 e. The molecule has 7 heteroatoms. The monoisotopic (exact) mass is 458 g/mol. The van der Waals surface area contributed by atoms with Crippen LogP contribution in [0, 0.1) is 0 Å². The van der Waals surface area contributed by atoms with E-state index in [1.807, 2.05) is 60.7 Å². The van der Waals surface area contributed by atoms with Gasteiger partial charge in [-0.05, 0) is 67.9 Å². The zero-order valence-electron chi connectivity index (χ0n) is 16.7. The molecule has 30 heavy (non-hydrogen) atoms. The zero-order chi connectivity index (χ0) is 21.5. The molecule has 0 spiro atoms. The van der Waals surface area contributed by atoms with Crippen LogP contribution in [0.25, 0.3) is 26.7 Å². The average molecular weight is 459 g/mol. The number of thiophene rings is 1. The fourth-order valence-corrected chi connectivity index (χ4v) is 4.59. The van der Waals surface area contributed by atoms with E-state index in [4.69, 9.17) is 27.9 Å². The second-order valence-electron chi connectivity index (χ2n) is 7.35. The minimum atomic E-state index is -1.08. The standard InChI is InChI=1S/C23H20Cl2N2O2S/c1-23(2,28)22-13-18(27(26-22)17-7-5-4-6-15(17)24)21-11-10-20(30-21)14-8-9-19(29-3)16(25)12-14/h4-13,28H,1-3H3. The third-order valence-corrected chi connectivity index (χ3v) is 6.48. The quantitative estimate of drug-likeness (QED) is 0.357. The fraction of sp³-hybridized carbons (Fsp3) is 0.174. The summed E-state index contributed by atoms with van der Waals surface area (Å²) in [5, 5.41) is 16.3. The third-order valence-electron chi connectivity index (χ3n) is 4.71. The van der Waals surface area contributed by atoms with E-state index in [9.17, 15) is 5.11 Å². The van der Waals surface area contributed by atoms with Crippen LogP contribution >= 0.6 is 34.5 Å². The normalized spacial score (nSPS) is 11.7. The molecule has 0 fully saturated rings. The molecule has 0 aliphatic carbocycles. The highest BCUT2D eigenvalue weighted by Crippen LogP contribution is 2.39. The van der Waals surface area contributed by atoms with Crippen molar-refractivity contribution in [1.29, 1.82) is 0 Å². The number of methoxy groups -OCH3 is 1. The summed E-state index contributed by atoms with van der Waals surface area (Å²) in [6, 6.07) is 19.2. The van der Waals surface area contributed by atoms with Gasteiger partial charge >= 0.3 is 0 Å². The number of aromatic nitrogens is 2. The summed E-state index contributed by atoms with van der Waals surface area (Å²) >= 11 is 14.4. The molecule has 0 saturated carbocycles. The summed E-state index contributed by atoms with van der Waals surface area (Å²) in [5.74, 6) is 0.642. The molecule has 154 valence electrons. The van der Waals surface area contributed by atoms with Crippen LogP contribution in [0.5, 0.6) is 5.75 Å². The van der Waals surface area contributed by atoms with E-state index in [0.717, 1.165) is 26.7 Å². The second-order valence-corrected chi connectivity index (χ2v) is 9.25.